The van der Waals surface area contributed by atoms with Crippen molar-refractivity contribution in [3.63, 3.8) is 0 Å². The first kappa shape index (κ1) is 62.5. The molecule has 2 saturated heterocycles. The summed E-state index contributed by atoms with van der Waals surface area (Å²) in [6, 6.07) is 43.1. The van der Waals surface area contributed by atoms with E-state index < -0.39 is 35.0 Å². The zero-order valence-corrected chi connectivity index (χ0v) is 49.8. The number of halogens is 5. The fourth-order valence-corrected chi connectivity index (χ4v) is 11.7. The molecule has 6 aromatic carbocycles. The predicted octanol–water partition coefficient (Wildman–Crippen LogP) is 11.6. The fraction of sp³-hybridized carbons (Fsp3) is 0.323. The highest BCUT2D eigenvalue weighted by molar-refractivity contribution is 9.10. The lowest BCUT2D eigenvalue weighted by molar-refractivity contribution is -0.389. The second-order valence-corrected chi connectivity index (χ2v) is 22.9. The summed E-state index contributed by atoms with van der Waals surface area (Å²) in [4.78, 5) is 47.1. The van der Waals surface area contributed by atoms with Gasteiger partial charge in [0.1, 0.15) is 42.2 Å². The minimum atomic E-state index is -4.73. The van der Waals surface area contributed by atoms with Gasteiger partial charge in [-0.2, -0.15) is 11.8 Å². The largest absolute Gasteiger partial charge is 0.573 e. The van der Waals surface area contributed by atoms with Crippen molar-refractivity contribution in [1.29, 1.82) is 0 Å². The third-order valence-corrected chi connectivity index (χ3v) is 15.9. The standard InChI is InChI=1S/C32H31BrN2O2.C16H20FN3O3S.C14H12F3N3O5/c1-35(2)19-18-32(36,28-15-9-13-22-10-7-8-14-26(22)28)30(23-11-5-4-6-12-23)27-21-24-20-25(33)16-17-29(24)34-31(27)37-3;1-11(21)18-9-13-10-20(16(22)23-13)12-2-3-15(14(17)8-12)19-4-6-24-7-5-19;15-14(16,17)25-10-3-1-9(2-4-10)7-23-11-5-19-6-12(20(21)22)18-13(19)24-8-11/h4-17,20-21,30,36H,18-19H2,1-3H3;2-3,8,13H,4-7,9-10H2,1H3,(H,18,21);1-4,6,11H,5,7-8H2/t30-,32-;13-;11-/m100/s1. The molecule has 0 spiro atoms. The third kappa shape index (κ3) is 15.7. The number of carbonyl (C=O) groups is 2. The smallest absolute Gasteiger partial charge is 0.481 e. The molecule has 2 N–H and O–H groups in total. The number of carbonyl (C=O) groups excluding carboxylic acids is 2. The average molecular weight is 1270 g/mol. The van der Waals surface area contributed by atoms with Gasteiger partial charge in [-0.05, 0) is 107 Å². The summed E-state index contributed by atoms with van der Waals surface area (Å²) in [6.07, 6.45) is -4.27. The topological polar surface area (TPSA) is 196 Å². The van der Waals surface area contributed by atoms with Crippen LogP contribution in [0.3, 0.4) is 0 Å². The molecule has 8 aromatic rings. The van der Waals surface area contributed by atoms with Crippen LogP contribution in [0.15, 0.2) is 150 Å². The van der Waals surface area contributed by atoms with Crippen molar-refractivity contribution in [2.45, 2.75) is 56.6 Å². The number of anilines is 2. The summed E-state index contributed by atoms with van der Waals surface area (Å²) in [5.74, 6) is 0.938. The van der Waals surface area contributed by atoms with E-state index in [1.807, 2.05) is 79.3 Å². The number of pyridine rings is 1. The molecule has 3 aliphatic rings. The molecule has 452 valence electrons. The van der Waals surface area contributed by atoms with Gasteiger partial charge in [0.05, 0.1) is 50.2 Å². The average Bonchev–Trinajstić information content (AvgIpc) is 1.11. The van der Waals surface area contributed by atoms with Gasteiger partial charge < -0.3 is 54.0 Å². The lowest BCUT2D eigenvalue weighted by Gasteiger charge is -2.39. The second kappa shape index (κ2) is 28.0. The number of rotatable bonds is 17. The first-order valence-electron chi connectivity index (χ1n) is 27.4. The van der Waals surface area contributed by atoms with E-state index in [0.29, 0.717) is 42.3 Å². The van der Waals surface area contributed by atoms with Crippen molar-refractivity contribution in [3.8, 4) is 17.6 Å². The zero-order valence-electron chi connectivity index (χ0n) is 47.4. The zero-order chi connectivity index (χ0) is 61.1. The Hall–Kier alpha value is -8.03. The van der Waals surface area contributed by atoms with Crippen LogP contribution in [0.5, 0.6) is 17.6 Å². The van der Waals surface area contributed by atoms with Crippen molar-refractivity contribution in [3.05, 3.63) is 188 Å². The number of aromatic nitrogens is 3. The number of alkyl halides is 3. The van der Waals surface area contributed by atoms with E-state index in [9.17, 15) is 42.4 Å². The molecule has 86 heavy (non-hydrogen) atoms. The number of aliphatic hydroxyl groups is 1. The lowest BCUT2D eigenvalue weighted by atomic mass is 9.70. The van der Waals surface area contributed by atoms with Crippen LogP contribution in [0.2, 0.25) is 0 Å². The highest BCUT2D eigenvalue weighted by Crippen LogP contribution is 2.49. The molecule has 2 aromatic heterocycles. The number of hydrogen-bond donors (Lipinski definition) is 2. The third-order valence-electron chi connectivity index (χ3n) is 14.5. The molecular weight excluding hydrogens is 1200 g/mol. The fourth-order valence-electron chi connectivity index (χ4n) is 10.4. The van der Waals surface area contributed by atoms with Gasteiger partial charge in [-0.25, -0.2) is 14.2 Å². The predicted molar refractivity (Wildman–Crippen MR) is 324 cm³/mol. The second-order valence-electron chi connectivity index (χ2n) is 20.8. The van der Waals surface area contributed by atoms with E-state index in [1.165, 1.54) is 52.9 Å². The van der Waals surface area contributed by atoms with Crippen molar-refractivity contribution in [1.82, 2.24) is 24.8 Å². The number of benzene rings is 6. The van der Waals surface area contributed by atoms with Crippen LogP contribution in [-0.2, 0) is 33.0 Å². The summed E-state index contributed by atoms with van der Waals surface area (Å²) in [7, 11) is 5.73. The molecule has 0 saturated carbocycles. The van der Waals surface area contributed by atoms with Gasteiger partial charge in [-0.3, -0.25) is 14.3 Å². The number of hydrogen-bond acceptors (Lipinski definition) is 15. The Morgan fingerprint density at radius 2 is 1.66 bits per heavy atom. The van der Waals surface area contributed by atoms with Crippen LogP contribution < -0.4 is 29.3 Å². The summed E-state index contributed by atoms with van der Waals surface area (Å²) in [5.41, 5.74) is 4.05. The number of thioether (sulfide) groups is 1. The maximum Gasteiger partial charge on any atom is 0.573 e. The number of nitrogens with zero attached hydrogens (tertiary/aromatic N) is 7. The van der Waals surface area contributed by atoms with Gasteiger partial charge in [0.15, 0.2) is 0 Å². The Labute approximate surface area is 506 Å². The number of nitrogens with one attached hydrogen (secondary N) is 1. The molecule has 0 bridgehead atoms. The van der Waals surface area contributed by atoms with Gasteiger partial charge in [0.25, 0.3) is 0 Å². The minimum Gasteiger partial charge on any atom is -0.481 e. The van der Waals surface area contributed by atoms with E-state index >= 15 is 0 Å². The van der Waals surface area contributed by atoms with Gasteiger partial charge in [-0.15, -0.1) is 13.2 Å². The number of imidazole rings is 1. The van der Waals surface area contributed by atoms with Crippen LogP contribution in [-0.4, -0.2) is 132 Å². The molecule has 2 fully saturated rings. The molecule has 18 nitrogen and oxygen atoms in total. The van der Waals surface area contributed by atoms with Crippen LogP contribution in [0.1, 0.15) is 41.5 Å². The Morgan fingerprint density at radius 1 is 0.930 bits per heavy atom. The molecule has 2 amide bonds. The van der Waals surface area contributed by atoms with E-state index in [4.69, 9.17) is 23.9 Å². The quantitative estimate of drug-likeness (QED) is 0.0496. The van der Waals surface area contributed by atoms with Gasteiger partial charge in [-0.1, -0.05) is 101 Å². The van der Waals surface area contributed by atoms with E-state index in [-0.39, 0.29) is 61.7 Å². The van der Waals surface area contributed by atoms with E-state index in [1.54, 1.807) is 19.2 Å². The Balaban J connectivity index is 0.000000160. The van der Waals surface area contributed by atoms with Gasteiger partial charge in [0, 0.05) is 64.4 Å². The first-order chi connectivity index (χ1) is 41.2. The number of cyclic esters (lactones) is 1. The summed E-state index contributed by atoms with van der Waals surface area (Å²) in [5, 5.41) is 29.5. The maximum atomic E-state index is 14.5. The Bertz CT molecular complexity index is 3650. The van der Waals surface area contributed by atoms with Crippen LogP contribution in [0, 0.1) is 15.9 Å². The van der Waals surface area contributed by atoms with Crippen molar-refractivity contribution < 1.29 is 60.9 Å². The number of amides is 2. The summed E-state index contributed by atoms with van der Waals surface area (Å²) in [6.45, 7) is 4.94. The highest BCUT2D eigenvalue weighted by Gasteiger charge is 2.43. The number of methoxy groups -OCH3 is 1. The van der Waals surface area contributed by atoms with Crippen LogP contribution in [0.4, 0.5) is 39.5 Å². The van der Waals surface area contributed by atoms with Crippen LogP contribution in [0.25, 0.3) is 21.7 Å². The van der Waals surface area contributed by atoms with Crippen LogP contribution >= 0.6 is 27.7 Å². The monoisotopic (exact) mass is 1270 g/mol. The summed E-state index contributed by atoms with van der Waals surface area (Å²) < 4.78 is 79.0. The van der Waals surface area contributed by atoms with Crippen molar-refractivity contribution in [2.24, 2.45) is 0 Å². The first-order valence-corrected chi connectivity index (χ1v) is 29.4. The lowest BCUT2D eigenvalue weighted by Crippen LogP contribution is -2.38. The molecule has 0 radical (unpaired) electrons. The molecule has 3 aliphatic heterocycles. The molecule has 24 heteroatoms. The molecule has 4 atom stereocenters. The summed E-state index contributed by atoms with van der Waals surface area (Å²) >= 11 is 5.47. The van der Waals surface area contributed by atoms with Crippen molar-refractivity contribution in [2.75, 3.05) is 81.8 Å². The number of ether oxygens (including phenoxy) is 5. The number of nitro groups is 1. The molecule has 0 aliphatic carbocycles. The van der Waals surface area contributed by atoms with Gasteiger partial charge >= 0.3 is 24.3 Å². The highest BCUT2D eigenvalue weighted by atomic mass is 79.9. The Kier molecular flexibility index (Phi) is 20.3. The normalized spacial score (nSPS) is 16.8. The molecule has 11 rings (SSSR count). The maximum absolute atomic E-state index is 14.5. The van der Waals surface area contributed by atoms with E-state index in [2.05, 4.69) is 84.4 Å². The van der Waals surface area contributed by atoms with E-state index in [0.717, 1.165) is 67.4 Å². The minimum absolute atomic E-state index is 0.145. The van der Waals surface area contributed by atoms with Crippen molar-refractivity contribution >= 4 is 78.6 Å². The van der Waals surface area contributed by atoms with Gasteiger partial charge in [0.2, 0.25) is 11.8 Å². The number of fused-ring (bicyclic) bond motifs is 3. The molecular formula is C62H63BrF4N8O10S. The molecule has 0 unspecified atom stereocenters. The molecule has 5 heterocycles. The SMILES string of the molecule is CC(=O)NC[C@H]1CN(c2ccc(N3CCSCC3)c(F)c2)C(=O)O1.COc1nc2ccc(Br)cc2cc1[C@@H](c1ccccc1)[C@@](O)(CCN(C)C)c1cccc2ccccc12.O=[N+]([O-])c1cn2c(n1)OC[C@@H](OCc1ccc(OC(F)(F)F)cc1)C2. The Morgan fingerprint density at radius 3 is 2.36 bits per heavy atom.